The van der Waals surface area contributed by atoms with E-state index in [-0.39, 0.29) is 17.1 Å². The first-order valence-corrected chi connectivity index (χ1v) is 8.38. The van der Waals surface area contributed by atoms with Gasteiger partial charge in [-0.2, -0.15) is 9.61 Å². The fourth-order valence-electron chi connectivity index (χ4n) is 3.13. The SMILES string of the molecule is CC(C)C(C(=O)O)n1cnc2c(nnc3c(-c4ccccc4)cnn32)c1=O. The van der Waals surface area contributed by atoms with Gasteiger partial charge in [0, 0.05) is 5.56 Å². The zero-order valence-electron chi connectivity index (χ0n) is 14.6. The molecule has 0 amide bonds. The summed E-state index contributed by atoms with van der Waals surface area (Å²) < 4.78 is 2.53. The van der Waals surface area contributed by atoms with Gasteiger partial charge in [0.25, 0.3) is 5.56 Å². The number of fused-ring (bicyclic) bond motifs is 3. The van der Waals surface area contributed by atoms with E-state index >= 15 is 0 Å². The first kappa shape index (κ1) is 16.8. The minimum Gasteiger partial charge on any atom is -0.480 e. The van der Waals surface area contributed by atoms with Crippen LogP contribution in [0.5, 0.6) is 0 Å². The summed E-state index contributed by atoms with van der Waals surface area (Å²) in [6.45, 7) is 3.45. The Kier molecular flexibility index (Phi) is 3.91. The molecule has 1 N–H and O–H groups in total. The molecule has 3 heterocycles. The molecule has 0 aliphatic heterocycles. The lowest BCUT2D eigenvalue weighted by Gasteiger charge is -2.18. The summed E-state index contributed by atoms with van der Waals surface area (Å²) in [5, 5.41) is 21.9. The summed E-state index contributed by atoms with van der Waals surface area (Å²) in [6, 6.07) is 8.53. The average molecular weight is 364 g/mol. The van der Waals surface area contributed by atoms with Crippen LogP contribution in [0.2, 0.25) is 0 Å². The molecule has 0 radical (unpaired) electrons. The van der Waals surface area contributed by atoms with Crippen LogP contribution in [0.4, 0.5) is 0 Å². The van der Waals surface area contributed by atoms with Crippen molar-refractivity contribution in [2.24, 2.45) is 5.92 Å². The van der Waals surface area contributed by atoms with E-state index < -0.39 is 17.6 Å². The van der Waals surface area contributed by atoms with Gasteiger partial charge in [-0.05, 0) is 11.5 Å². The molecule has 1 aromatic carbocycles. The number of hydrogen-bond donors (Lipinski definition) is 1. The zero-order valence-corrected chi connectivity index (χ0v) is 14.6. The quantitative estimate of drug-likeness (QED) is 0.587. The number of aromatic nitrogens is 6. The minimum atomic E-state index is -1.10. The maximum Gasteiger partial charge on any atom is 0.327 e. The summed E-state index contributed by atoms with van der Waals surface area (Å²) >= 11 is 0. The van der Waals surface area contributed by atoms with Crippen molar-refractivity contribution in [2.45, 2.75) is 19.9 Å². The van der Waals surface area contributed by atoms with E-state index in [9.17, 15) is 14.7 Å². The third kappa shape index (κ3) is 2.64. The second-order valence-electron chi connectivity index (χ2n) is 6.52. The molecule has 4 rings (SSSR count). The number of aliphatic carboxylic acids is 1. The molecule has 3 aromatic heterocycles. The molecule has 0 spiro atoms. The van der Waals surface area contributed by atoms with Crippen LogP contribution >= 0.6 is 0 Å². The van der Waals surface area contributed by atoms with Crippen LogP contribution in [-0.4, -0.2) is 40.4 Å². The molecule has 0 aliphatic carbocycles. The predicted molar refractivity (Wildman–Crippen MR) is 97.3 cm³/mol. The van der Waals surface area contributed by atoms with Crippen molar-refractivity contribution in [1.82, 2.24) is 29.4 Å². The molecule has 136 valence electrons. The van der Waals surface area contributed by atoms with E-state index in [2.05, 4.69) is 20.3 Å². The number of nitrogens with zero attached hydrogens (tertiary/aromatic N) is 6. The van der Waals surface area contributed by atoms with Gasteiger partial charge in [-0.25, -0.2) is 9.78 Å². The second kappa shape index (κ2) is 6.27. The van der Waals surface area contributed by atoms with Gasteiger partial charge in [0.15, 0.2) is 16.8 Å². The Hall–Kier alpha value is -3.62. The zero-order chi connectivity index (χ0) is 19.1. The molecule has 0 saturated heterocycles. The van der Waals surface area contributed by atoms with Crippen molar-refractivity contribution in [1.29, 1.82) is 0 Å². The van der Waals surface area contributed by atoms with Crippen LogP contribution in [0.25, 0.3) is 27.9 Å². The maximum atomic E-state index is 12.8. The Bertz CT molecular complexity index is 1210. The molecule has 1 unspecified atom stereocenters. The molecule has 0 bridgehead atoms. The topological polar surface area (TPSA) is 115 Å². The van der Waals surface area contributed by atoms with Gasteiger partial charge in [0.2, 0.25) is 0 Å². The highest BCUT2D eigenvalue weighted by molar-refractivity contribution is 5.81. The minimum absolute atomic E-state index is 0.0281. The van der Waals surface area contributed by atoms with E-state index in [1.807, 2.05) is 30.3 Å². The number of rotatable bonds is 4. The third-order valence-electron chi connectivity index (χ3n) is 4.41. The average Bonchev–Trinajstić information content (AvgIpc) is 3.08. The largest absolute Gasteiger partial charge is 0.480 e. The highest BCUT2D eigenvalue weighted by Gasteiger charge is 2.26. The highest BCUT2D eigenvalue weighted by atomic mass is 16.4. The molecule has 0 aliphatic rings. The lowest BCUT2D eigenvalue weighted by Crippen LogP contribution is -2.34. The highest BCUT2D eigenvalue weighted by Crippen LogP contribution is 2.24. The van der Waals surface area contributed by atoms with Crippen LogP contribution in [0.15, 0.2) is 47.7 Å². The first-order valence-electron chi connectivity index (χ1n) is 8.38. The number of carboxylic acid groups (broad SMARTS) is 1. The molecule has 27 heavy (non-hydrogen) atoms. The number of benzene rings is 1. The van der Waals surface area contributed by atoms with Gasteiger partial charge in [0.05, 0.1) is 6.20 Å². The monoisotopic (exact) mass is 364 g/mol. The fraction of sp³-hybridized carbons (Fsp3) is 0.222. The number of hydrogen-bond acceptors (Lipinski definition) is 6. The maximum absolute atomic E-state index is 12.8. The van der Waals surface area contributed by atoms with Crippen LogP contribution in [0.1, 0.15) is 19.9 Å². The molecule has 9 heteroatoms. The van der Waals surface area contributed by atoms with Crippen molar-refractivity contribution >= 4 is 22.8 Å². The standard InChI is InChI=1S/C18H16N6O3/c1-10(2)14(18(26)27)23-9-19-16-13(17(23)25)21-22-15-12(8-20-24(15)16)11-6-4-3-5-7-11/h3-10,14H,1-2H3,(H,26,27). The predicted octanol–water partition coefficient (Wildman–Crippen LogP) is 1.78. The Morgan fingerprint density at radius 1 is 1.11 bits per heavy atom. The number of carboxylic acids is 1. The molecular weight excluding hydrogens is 348 g/mol. The van der Waals surface area contributed by atoms with E-state index in [0.717, 1.165) is 15.7 Å². The van der Waals surface area contributed by atoms with E-state index in [4.69, 9.17) is 0 Å². The van der Waals surface area contributed by atoms with Gasteiger partial charge in [-0.3, -0.25) is 9.36 Å². The summed E-state index contributed by atoms with van der Waals surface area (Å²) in [6.07, 6.45) is 2.87. The van der Waals surface area contributed by atoms with Gasteiger partial charge in [0.1, 0.15) is 12.4 Å². The van der Waals surface area contributed by atoms with Crippen molar-refractivity contribution in [3.8, 4) is 11.1 Å². The van der Waals surface area contributed by atoms with Gasteiger partial charge < -0.3 is 5.11 Å². The molecular formula is C18H16N6O3. The van der Waals surface area contributed by atoms with Gasteiger partial charge in [-0.1, -0.05) is 44.2 Å². The summed E-state index contributed by atoms with van der Waals surface area (Å²) in [5.41, 5.74) is 1.79. The van der Waals surface area contributed by atoms with Crippen LogP contribution in [0, 0.1) is 5.92 Å². The normalized spacial score (nSPS) is 12.7. The smallest absolute Gasteiger partial charge is 0.327 e. The second-order valence-corrected chi connectivity index (χ2v) is 6.52. The number of carbonyl (C=O) groups is 1. The summed E-state index contributed by atoms with van der Waals surface area (Å²) in [5.74, 6) is -1.40. The van der Waals surface area contributed by atoms with E-state index in [1.54, 1.807) is 20.0 Å². The lowest BCUT2D eigenvalue weighted by atomic mass is 10.0. The lowest BCUT2D eigenvalue weighted by molar-refractivity contribution is -0.142. The Balaban J connectivity index is 1.95. The van der Waals surface area contributed by atoms with Crippen molar-refractivity contribution < 1.29 is 9.90 Å². The molecule has 0 saturated carbocycles. The van der Waals surface area contributed by atoms with Gasteiger partial charge >= 0.3 is 5.97 Å². The summed E-state index contributed by atoms with van der Waals surface area (Å²) in [7, 11) is 0. The Morgan fingerprint density at radius 2 is 1.85 bits per heavy atom. The summed E-state index contributed by atoms with van der Waals surface area (Å²) in [4.78, 5) is 28.6. The van der Waals surface area contributed by atoms with Crippen LogP contribution in [-0.2, 0) is 4.79 Å². The molecule has 0 fully saturated rings. The molecule has 9 nitrogen and oxygen atoms in total. The van der Waals surface area contributed by atoms with Crippen LogP contribution < -0.4 is 5.56 Å². The molecule has 1 atom stereocenters. The van der Waals surface area contributed by atoms with E-state index in [1.165, 1.54) is 10.8 Å². The fourth-order valence-corrected chi connectivity index (χ4v) is 3.13. The van der Waals surface area contributed by atoms with E-state index in [0.29, 0.717) is 5.65 Å². The Labute approximate surface area is 152 Å². The van der Waals surface area contributed by atoms with Crippen molar-refractivity contribution in [2.75, 3.05) is 0 Å². The van der Waals surface area contributed by atoms with Crippen molar-refractivity contribution in [3.63, 3.8) is 0 Å². The Morgan fingerprint density at radius 3 is 2.52 bits per heavy atom. The van der Waals surface area contributed by atoms with Crippen molar-refractivity contribution in [3.05, 3.63) is 53.2 Å². The van der Waals surface area contributed by atoms with Gasteiger partial charge in [-0.15, -0.1) is 10.2 Å². The molecule has 4 aromatic rings. The first-order chi connectivity index (χ1) is 13.0. The van der Waals surface area contributed by atoms with Crippen LogP contribution in [0.3, 0.4) is 0 Å². The third-order valence-corrected chi connectivity index (χ3v) is 4.41.